The predicted molar refractivity (Wildman–Crippen MR) is 106 cm³/mol. The van der Waals surface area contributed by atoms with Crippen molar-refractivity contribution in [2.75, 3.05) is 5.75 Å². The van der Waals surface area contributed by atoms with Crippen LogP contribution in [0.25, 0.3) is 11.4 Å². The summed E-state index contributed by atoms with van der Waals surface area (Å²) in [6.45, 7) is 2.64. The fourth-order valence-corrected chi connectivity index (χ4v) is 4.10. The molecule has 0 radical (unpaired) electrons. The molecular formula is C18H22ClN5O2S. The van der Waals surface area contributed by atoms with Gasteiger partial charge in [0.1, 0.15) is 0 Å². The fourth-order valence-electron chi connectivity index (χ4n) is 3.11. The lowest BCUT2D eigenvalue weighted by molar-refractivity contribution is -0.117. The summed E-state index contributed by atoms with van der Waals surface area (Å²) in [5, 5.41) is 14.9. The summed E-state index contributed by atoms with van der Waals surface area (Å²) in [4.78, 5) is 23.9. The number of carbonyl (C=O) groups is 2. The highest BCUT2D eigenvalue weighted by Crippen LogP contribution is 2.25. The molecule has 2 aromatic rings. The van der Waals surface area contributed by atoms with Crippen molar-refractivity contribution in [3.8, 4) is 11.4 Å². The van der Waals surface area contributed by atoms with E-state index >= 15 is 0 Å². The van der Waals surface area contributed by atoms with Gasteiger partial charge in [-0.05, 0) is 31.9 Å². The van der Waals surface area contributed by atoms with Crippen molar-refractivity contribution in [3.63, 3.8) is 0 Å². The van der Waals surface area contributed by atoms with Crippen LogP contribution in [0.15, 0.2) is 29.4 Å². The van der Waals surface area contributed by atoms with E-state index in [1.165, 1.54) is 11.8 Å². The van der Waals surface area contributed by atoms with Crippen LogP contribution in [0.3, 0.4) is 0 Å². The van der Waals surface area contributed by atoms with Crippen LogP contribution in [0, 0.1) is 0 Å². The third kappa shape index (κ3) is 5.23. The van der Waals surface area contributed by atoms with Gasteiger partial charge in [0.2, 0.25) is 5.91 Å². The number of thioether (sulfide) groups is 1. The number of amides is 3. The number of aromatic nitrogens is 3. The molecule has 0 bridgehead atoms. The number of carbonyl (C=O) groups excluding carboxylic acids is 2. The second kappa shape index (κ2) is 9.23. The first-order valence-corrected chi connectivity index (χ1v) is 10.4. The Bertz CT molecular complexity index is 820. The lowest BCUT2D eigenvalue weighted by atomic mass is 10.2. The van der Waals surface area contributed by atoms with E-state index < -0.39 is 6.03 Å². The zero-order chi connectivity index (χ0) is 19.2. The number of halogens is 1. The monoisotopic (exact) mass is 407 g/mol. The van der Waals surface area contributed by atoms with Crippen LogP contribution in [0.2, 0.25) is 5.02 Å². The van der Waals surface area contributed by atoms with E-state index in [1.54, 1.807) is 6.07 Å². The van der Waals surface area contributed by atoms with E-state index in [-0.39, 0.29) is 17.7 Å². The molecule has 1 fully saturated rings. The van der Waals surface area contributed by atoms with Crippen molar-refractivity contribution >= 4 is 35.3 Å². The van der Waals surface area contributed by atoms with Gasteiger partial charge in [0.25, 0.3) is 0 Å². The van der Waals surface area contributed by atoms with Gasteiger partial charge in [-0.15, -0.1) is 10.2 Å². The molecule has 1 heterocycles. The van der Waals surface area contributed by atoms with E-state index in [4.69, 9.17) is 11.6 Å². The molecule has 0 unspecified atom stereocenters. The van der Waals surface area contributed by atoms with Crippen LogP contribution in [0.1, 0.15) is 32.6 Å². The Morgan fingerprint density at radius 2 is 2.07 bits per heavy atom. The maximum atomic E-state index is 12.1. The third-order valence-corrected chi connectivity index (χ3v) is 5.59. The molecule has 1 aromatic carbocycles. The van der Waals surface area contributed by atoms with Gasteiger partial charge in [-0.1, -0.05) is 48.3 Å². The molecule has 27 heavy (non-hydrogen) atoms. The van der Waals surface area contributed by atoms with Crippen LogP contribution < -0.4 is 10.6 Å². The van der Waals surface area contributed by atoms with E-state index in [0.717, 1.165) is 31.2 Å². The van der Waals surface area contributed by atoms with E-state index in [2.05, 4.69) is 20.8 Å². The van der Waals surface area contributed by atoms with Gasteiger partial charge in [-0.2, -0.15) is 0 Å². The number of urea groups is 1. The highest BCUT2D eigenvalue weighted by atomic mass is 35.5. The lowest BCUT2D eigenvalue weighted by Crippen LogP contribution is -2.44. The summed E-state index contributed by atoms with van der Waals surface area (Å²) in [5.74, 6) is 0.429. The minimum Gasteiger partial charge on any atom is -0.335 e. The van der Waals surface area contributed by atoms with Crippen LogP contribution >= 0.6 is 23.4 Å². The number of hydrogen-bond donors (Lipinski definition) is 2. The summed E-state index contributed by atoms with van der Waals surface area (Å²) in [7, 11) is 0. The van der Waals surface area contributed by atoms with E-state index in [1.807, 2.05) is 29.7 Å². The first-order chi connectivity index (χ1) is 13.1. The molecule has 0 saturated heterocycles. The van der Waals surface area contributed by atoms with Gasteiger partial charge >= 0.3 is 6.03 Å². The van der Waals surface area contributed by atoms with Crippen molar-refractivity contribution in [1.29, 1.82) is 0 Å². The maximum absolute atomic E-state index is 12.1. The molecule has 7 nitrogen and oxygen atoms in total. The van der Waals surface area contributed by atoms with Crippen molar-refractivity contribution in [1.82, 2.24) is 25.4 Å². The number of benzene rings is 1. The van der Waals surface area contributed by atoms with Gasteiger partial charge in [0, 0.05) is 23.2 Å². The zero-order valence-corrected chi connectivity index (χ0v) is 16.6. The molecule has 9 heteroatoms. The maximum Gasteiger partial charge on any atom is 0.321 e. The molecule has 1 aliphatic rings. The molecule has 0 atom stereocenters. The third-order valence-electron chi connectivity index (χ3n) is 4.39. The second-order valence-corrected chi connectivity index (χ2v) is 7.73. The summed E-state index contributed by atoms with van der Waals surface area (Å²) in [6, 6.07) is 7.14. The molecule has 2 N–H and O–H groups in total. The first kappa shape index (κ1) is 19.7. The highest BCUT2D eigenvalue weighted by molar-refractivity contribution is 7.99. The van der Waals surface area contributed by atoms with Crippen molar-refractivity contribution in [2.45, 2.75) is 50.4 Å². The van der Waals surface area contributed by atoms with Crippen LogP contribution in [0.4, 0.5) is 4.79 Å². The first-order valence-electron chi connectivity index (χ1n) is 8.99. The predicted octanol–water partition coefficient (Wildman–Crippen LogP) is 3.48. The van der Waals surface area contributed by atoms with Gasteiger partial charge in [0.05, 0.1) is 5.75 Å². The topological polar surface area (TPSA) is 88.9 Å². The van der Waals surface area contributed by atoms with Crippen LogP contribution in [0.5, 0.6) is 0 Å². The number of rotatable bonds is 6. The number of nitrogens with zero attached hydrogens (tertiary/aromatic N) is 3. The Balaban J connectivity index is 1.57. The summed E-state index contributed by atoms with van der Waals surface area (Å²) >= 11 is 7.30. The van der Waals surface area contributed by atoms with Crippen LogP contribution in [-0.4, -0.2) is 38.5 Å². The zero-order valence-electron chi connectivity index (χ0n) is 15.1. The molecule has 3 amide bonds. The Morgan fingerprint density at radius 3 is 2.78 bits per heavy atom. The second-order valence-electron chi connectivity index (χ2n) is 6.35. The number of hydrogen-bond acceptors (Lipinski definition) is 5. The molecule has 0 aliphatic heterocycles. The minimum atomic E-state index is -0.427. The molecule has 0 spiro atoms. The molecule has 1 aliphatic carbocycles. The van der Waals surface area contributed by atoms with Crippen molar-refractivity contribution < 1.29 is 9.59 Å². The summed E-state index contributed by atoms with van der Waals surface area (Å²) in [6.07, 6.45) is 4.19. The fraction of sp³-hybridized carbons (Fsp3) is 0.444. The smallest absolute Gasteiger partial charge is 0.321 e. The van der Waals surface area contributed by atoms with Gasteiger partial charge in [-0.25, -0.2) is 4.79 Å². The summed E-state index contributed by atoms with van der Waals surface area (Å²) in [5.41, 5.74) is 0.865. The molecule has 144 valence electrons. The van der Waals surface area contributed by atoms with Gasteiger partial charge in [-0.3, -0.25) is 10.1 Å². The molecule has 3 rings (SSSR count). The molecule has 1 aromatic heterocycles. The Kier molecular flexibility index (Phi) is 6.73. The average molecular weight is 408 g/mol. The Morgan fingerprint density at radius 1 is 1.30 bits per heavy atom. The number of nitrogens with one attached hydrogen (secondary N) is 2. The highest BCUT2D eigenvalue weighted by Gasteiger charge is 2.19. The normalized spacial score (nSPS) is 14.3. The SMILES string of the molecule is CCn1c(SCC(=O)NC(=O)NC2CCCC2)nnc1-c1cccc(Cl)c1. The summed E-state index contributed by atoms with van der Waals surface area (Å²) < 4.78 is 1.92. The quantitative estimate of drug-likeness (QED) is 0.715. The lowest BCUT2D eigenvalue weighted by Gasteiger charge is -2.12. The largest absolute Gasteiger partial charge is 0.335 e. The number of imide groups is 1. The Hall–Kier alpha value is -2.06. The van der Waals surface area contributed by atoms with Crippen LogP contribution in [-0.2, 0) is 11.3 Å². The van der Waals surface area contributed by atoms with Crippen molar-refractivity contribution in [3.05, 3.63) is 29.3 Å². The average Bonchev–Trinajstić information content (AvgIpc) is 3.28. The standard InChI is InChI=1S/C18H22ClN5O2S/c1-2-24-16(12-6-5-7-13(19)10-12)22-23-18(24)27-11-15(25)21-17(26)20-14-8-3-4-9-14/h5-7,10,14H,2-4,8-9,11H2,1H3,(H2,20,21,25,26). The van der Waals surface area contributed by atoms with E-state index in [0.29, 0.717) is 22.5 Å². The minimum absolute atomic E-state index is 0.0891. The Labute approximate surface area is 167 Å². The van der Waals surface area contributed by atoms with Gasteiger partial charge in [0.15, 0.2) is 11.0 Å². The van der Waals surface area contributed by atoms with E-state index in [9.17, 15) is 9.59 Å². The van der Waals surface area contributed by atoms with Gasteiger partial charge < -0.3 is 9.88 Å². The van der Waals surface area contributed by atoms with Crippen molar-refractivity contribution in [2.24, 2.45) is 0 Å². The molecule has 1 saturated carbocycles. The molecular weight excluding hydrogens is 386 g/mol.